The molecule has 10 nitrogen and oxygen atoms in total. The summed E-state index contributed by atoms with van der Waals surface area (Å²) in [5.41, 5.74) is -1.06. The molecule has 4 aliphatic carbocycles. The van der Waals surface area contributed by atoms with Gasteiger partial charge in [-0.15, -0.1) is 0 Å². The highest BCUT2D eigenvalue weighted by Gasteiger charge is 2.76. The average Bonchev–Trinajstić information content (AvgIpc) is 3.38. The number of hydrogen-bond acceptors (Lipinski definition) is 10. The molecular formula is C34H58O10. The fourth-order valence-electron chi connectivity index (χ4n) is 11.5. The molecule has 0 aromatic rings. The van der Waals surface area contributed by atoms with Crippen LogP contribution in [-0.2, 0) is 18.9 Å². The number of hydrogen-bond donors (Lipinski definition) is 6. The Bertz CT molecular complexity index is 1030. The van der Waals surface area contributed by atoms with Crippen molar-refractivity contribution in [1.29, 1.82) is 0 Å². The molecule has 0 aromatic carbocycles. The first-order chi connectivity index (χ1) is 20.8. The Hall–Kier alpha value is -0.400. The molecule has 0 radical (unpaired) electrons. The van der Waals surface area contributed by atoms with E-state index in [1.807, 2.05) is 6.92 Å². The van der Waals surface area contributed by atoms with Gasteiger partial charge in [0.05, 0.1) is 18.8 Å². The second-order valence-electron chi connectivity index (χ2n) is 16.1. The van der Waals surface area contributed by atoms with Crippen LogP contribution < -0.4 is 0 Å². The highest BCUT2D eigenvalue weighted by atomic mass is 16.7. The topological polar surface area (TPSA) is 158 Å². The van der Waals surface area contributed by atoms with E-state index in [4.69, 9.17) is 18.9 Å². The highest BCUT2D eigenvalue weighted by molar-refractivity contribution is 5.23. The van der Waals surface area contributed by atoms with Gasteiger partial charge in [-0.1, -0.05) is 27.7 Å². The van der Waals surface area contributed by atoms with Crippen molar-refractivity contribution in [3.63, 3.8) is 0 Å². The lowest BCUT2D eigenvalue weighted by molar-refractivity contribution is -0.316. The molecule has 2 aliphatic heterocycles. The van der Waals surface area contributed by atoms with Crippen LogP contribution in [-0.4, -0.2) is 105 Å². The Labute approximate surface area is 262 Å². The van der Waals surface area contributed by atoms with Gasteiger partial charge in [-0.3, -0.25) is 0 Å². The molecule has 1 unspecified atom stereocenters. The van der Waals surface area contributed by atoms with Crippen LogP contribution in [0.4, 0.5) is 0 Å². The van der Waals surface area contributed by atoms with Crippen LogP contribution in [0.25, 0.3) is 0 Å². The van der Waals surface area contributed by atoms with Crippen molar-refractivity contribution in [2.45, 2.75) is 146 Å². The average molecular weight is 627 g/mol. The molecule has 6 rings (SSSR count). The van der Waals surface area contributed by atoms with Crippen LogP contribution in [0.1, 0.15) is 91.9 Å². The molecule has 0 amide bonds. The number of methoxy groups -OCH3 is 1. The van der Waals surface area contributed by atoms with Crippen LogP contribution in [0.5, 0.6) is 0 Å². The maximum absolute atomic E-state index is 12.7. The summed E-state index contributed by atoms with van der Waals surface area (Å²) < 4.78 is 24.7. The normalized spacial score (nSPS) is 56.0. The van der Waals surface area contributed by atoms with E-state index >= 15 is 0 Å². The smallest absolute Gasteiger partial charge is 0.186 e. The molecule has 6 aliphatic rings. The van der Waals surface area contributed by atoms with Crippen LogP contribution in [0.3, 0.4) is 0 Å². The molecule has 2 saturated heterocycles. The SMILES string of the molecule is CO[C@]1(CC[C@@H](C)CO)O[C@H]2C[C@H]3[C@@H]4CCC5C[C@@H](O[C@@H]6O[C@H](CO)[C@@H](O)[C@H](O)[C@H]6O)CC[C@]5(C)[C@H]4CC[C@]3(C)[C@@]2(O)[C@@H]1C. The minimum absolute atomic E-state index is 0.128. The summed E-state index contributed by atoms with van der Waals surface area (Å²) in [5, 5.41) is 62.8. The van der Waals surface area contributed by atoms with Crippen LogP contribution >= 0.6 is 0 Å². The standard InChI is InChI=1S/C34H58O10/c1-18(16-35)8-13-33(41-5)19(2)34(40)26(44-33)15-24-22-7-6-20-14-21(9-11-31(20,3)23(22)10-12-32(24,34)4)42-30-29(39)28(38)27(37)25(17-36)43-30/h18-30,35-40H,6-17H2,1-5H3/t18-,19-,20?,21+,22-,23+,24+,25-,26+,27-,28+,29-,30-,31+,32+,33-,34-/m1/s1. The largest absolute Gasteiger partial charge is 0.396 e. The van der Waals surface area contributed by atoms with Crippen molar-refractivity contribution >= 4 is 0 Å². The Kier molecular flexibility index (Phi) is 9.09. The van der Waals surface area contributed by atoms with Gasteiger partial charge in [0.2, 0.25) is 0 Å². The first-order valence-corrected chi connectivity index (χ1v) is 17.3. The Balaban J connectivity index is 1.14. The van der Waals surface area contributed by atoms with Crippen LogP contribution in [0.15, 0.2) is 0 Å². The molecule has 0 spiro atoms. The van der Waals surface area contributed by atoms with E-state index in [1.165, 1.54) is 0 Å². The van der Waals surface area contributed by atoms with Crippen LogP contribution in [0, 0.1) is 46.3 Å². The van der Waals surface area contributed by atoms with E-state index < -0.39 is 48.7 Å². The molecule has 2 heterocycles. The van der Waals surface area contributed by atoms with Crippen molar-refractivity contribution < 1.29 is 49.6 Å². The first kappa shape index (κ1) is 33.5. The molecule has 0 bridgehead atoms. The molecule has 4 saturated carbocycles. The predicted molar refractivity (Wildman–Crippen MR) is 160 cm³/mol. The van der Waals surface area contributed by atoms with Crippen molar-refractivity contribution in [3.8, 4) is 0 Å². The minimum Gasteiger partial charge on any atom is -0.396 e. The molecule has 6 N–H and O–H groups in total. The lowest BCUT2D eigenvalue weighted by Crippen LogP contribution is -2.61. The molecule has 10 heteroatoms. The van der Waals surface area contributed by atoms with Crippen molar-refractivity contribution in [1.82, 2.24) is 0 Å². The maximum atomic E-state index is 12.7. The summed E-state index contributed by atoms with van der Waals surface area (Å²) in [5.74, 6) is 1.06. The molecule has 17 atom stereocenters. The first-order valence-electron chi connectivity index (χ1n) is 17.3. The minimum atomic E-state index is -1.43. The van der Waals surface area contributed by atoms with Gasteiger partial charge in [0.25, 0.3) is 0 Å². The maximum Gasteiger partial charge on any atom is 0.186 e. The van der Waals surface area contributed by atoms with Crippen molar-refractivity contribution in [2.24, 2.45) is 46.3 Å². The van der Waals surface area contributed by atoms with E-state index in [0.29, 0.717) is 30.1 Å². The van der Waals surface area contributed by atoms with Gasteiger partial charge in [0.15, 0.2) is 12.1 Å². The van der Waals surface area contributed by atoms with E-state index in [1.54, 1.807) is 7.11 Å². The molecule has 6 fully saturated rings. The van der Waals surface area contributed by atoms with Gasteiger partial charge in [-0.05, 0) is 92.8 Å². The highest BCUT2D eigenvalue weighted by Crippen LogP contribution is 2.72. The molecule has 0 aromatic heterocycles. The van der Waals surface area contributed by atoms with Gasteiger partial charge in [0, 0.05) is 31.5 Å². The van der Waals surface area contributed by atoms with Gasteiger partial charge < -0.3 is 49.6 Å². The summed E-state index contributed by atoms with van der Waals surface area (Å²) >= 11 is 0. The van der Waals surface area contributed by atoms with E-state index in [0.717, 1.165) is 57.8 Å². The number of rotatable bonds is 8. The van der Waals surface area contributed by atoms with Crippen LogP contribution in [0.2, 0.25) is 0 Å². The number of fused-ring (bicyclic) bond motifs is 7. The molecule has 254 valence electrons. The zero-order valence-corrected chi connectivity index (χ0v) is 27.3. The summed E-state index contributed by atoms with van der Waals surface area (Å²) in [4.78, 5) is 0. The molecule has 44 heavy (non-hydrogen) atoms. The fraction of sp³-hybridized carbons (Fsp3) is 1.00. The third-order valence-corrected chi connectivity index (χ3v) is 14.4. The number of ether oxygens (including phenoxy) is 4. The second kappa shape index (κ2) is 11.9. The lowest BCUT2D eigenvalue weighted by atomic mass is 9.44. The second-order valence-corrected chi connectivity index (χ2v) is 16.1. The third-order valence-electron chi connectivity index (χ3n) is 14.4. The Morgan fingerprint density at radius 2 is 1.68 bits per heavy atom. The quantitative estimate of drug-likeness (QED) is 0.221. The van der Waals surface area contributed by atoms with E-state index in [-0.39, 0.29) is 41.5 Å². The van der Waals surface area contributed by atoms with Gasteiger partial charge in [-0.25, -0.2) is 0 Å². The zero-order valence-electron chi connectivity index (χ0n) is 27.3. The summed E-state index contributed by atoms with van der Waals surface area (Å²) in [7, 11) is 1.70. The summed E-state index contributed by atoms with van der Waals surface area (Å²) in [6.07, 6.45) is 2.55. The zero-order chi connectivity index (χ0) is 31.8. The van der Waals surface area contributed by atoms with E-state index in [2.05, 4.69) is 20.8 Å². The number of aliphatic hydroxyl groups excluding tert-OH is 5. The Morgan fingerprint density at radius 1 is 0.932 bits per heavy atom. The number of aliphatic hydroxyl groups is 6. The fourth-order valence-corrected chi connectivity index (χ4v) is 11.5. The summed E-state index contributed by atoms with van der Waals surface area (Å²) in [6, 6.07) is 0. The summed E-state index contributed by atoms with van der Waals surface area (Å²) in [6.45, 7) is 8.59. The van der Waals surface area contributed by atoms with Crippen molar-refractivity contribution in [2.75, 3.05) is 20.3 Å². The third kappa shape index (κ3) is 4.79. The van der Waals surface area contributed by atoms with Gasteiger partial charge in [-0.2, -0.15) is 0 Å². The Morgan fingerprint density at radius 3 is 2.36 bits per heavy atom. The predicted octanol–water partition coefficient (Wildman–Crippen LogP) is 2.34. The molecular weight excluding hydrogens is 568 g/mol. The van der Waals surface area contributed by atoms with E-state index in [9.17, 15) is 30.6 Å². The van der Waals surface area contributed by atoms with Gasteiger partial charge in [0.1, 0.15) is 30.0 Å². The van der Waals surface area contributed by atoms with Gasteiger partial charge >= 0.3 is 0 Å². The van der Waals surface area contributed by atoms with Crippen molar-refractivity contribution in [3.05, 3.63) is 0 Å². The monoisotopic (exact) mass is 626 g/mol. The lowest BCUT2D eigenvalue weighted by Gasteiger charge is -2.62.